The first-order valence-electron chi connectivity index (χ1n) is 6.95. The van der Waals surface area contributed by atoms with Crippen LogP contribution >= 0.6 is 15.9 Å². The first kappa shape index (κ1) is 15.5. The van der Waals surface area contributed by atoms with Crippen molar-refractivity contribution in [1.29, 1.82) is 0 Å². The lowest BCUT2D eigenvalue weighted by molar-refractivity contribution is 0.148. The van der Waals surface area contributed by atoms with Crippen LogP contribution < -0.4 is 5.32 Å². The van der Waals surface area contributed by atoms with E-state index in [1.807, 2.05) is 24.5 Å². The van der Waals surface area contributed by atoms with Crippen LogP contribution in [0, 0.1) is 5.41 Å². The van der Waals surface area contributed by atoms with Gasteiger partial charge in [-0.15, -0.1) is 0 Å². The molecule has 2 aromatic heterocycles. The number of aliphatic hydroxyl groups is 1. The Morgan fingerprint density at radius 1 is 1.40 bits per heavy atom. The second kappa shape index (κ2) is 6.70. The molecule has 0 amide bonds. The predicted octanol–water partition coefficient (Wildman–Crippen LogP) is 2.99. The second-order valence-corrected chi connectivity index (χ2v) is 6.84. The van der Waals surface area contributed by atoms with E-state index < -0.39 is 0 Å². The Morgan fingerprint density at radius 3 is 2.95 bits per heavy atom. The van der Waals surface area contributed by atoms with Gasteiger partial charge in [-0.25, -0.2) is 4.98 Å². The molecule has 0 bridgehead atoms. The van der Waals surface area contributed by atoms with Gasteiger partial charge in [0.1, 0.15) is 5.65 Å². The molecule has 0 radical (unpaired) electrons. The smallest absolute Gasteiger partial charge is 0.136 e. The van der Waals surface area contributed by atoms with E-state index in [0.29, 0.717) is 0 Å². The Kier molecular flexibility index (Phi) is 5.18. The maximum Gasteiger partial charge on any atom is 0.136 e. The predicted molar refractivity (Wildman–Crippen MR) is 84.7 cm³/mol. The maximum absolute atomic E-state index is 9.21. The van der Waals surface area contributed by atoms with Gasteiger partial charge in [0.2, 0.25) is 0 Å². The van der Waals surface area contributed by atoms with Crippen LogP contribution in [-0.4, -0.2) is 27.6 Å². The normalized spacial score (nSPS) is 12.2. The summed E-state index contributed by atoms with van der Waals surface area (Å²) in [6, 6.07) is 3.99. The summed E-state index contributed by atoms with van der Waals surface area (Å²) in [5.41, 5.74) is 2.14. The van der Waals surface area contributed by atoms with Gasteiger partial charge in [0.25, 0.3) is 0 Å². The van der Waals surface area contributed by atoms with Crippen molar-refractivity contribution >= 4 is 21.6 Å². The molecular weight excluding hydrogens is 318 g/mol. The molecule has 20 heavy (non-hydrogen) atoms. The summed E-state index contributed by atoms with van der Waals surface area (Å²) in [5, 5.41) is 12.6. The summed E-state index contributed by atoms with van der Waals surface area (Å²) >= 11 is 3.48. The number of halogens is 1. The molecule has 4 nitrogen and oxygen atoms in total. The molecule has 2 N–H and O–H groups in total. The standard InChI is InChI=1S/C15H22BrN3O/c1-15(2,11-20)6-3-7-17-8-13-9-18-14-5-4-12(16)10-19(13)14/h4-5,9-10,17,20H,3,6-8,11H2,1-2H3. The fourth-order valence-electron chi connectivity index (χ4n) is 2.12. The summed E-state index contributed by atoms with van der Waals surface area (Å²) in [6.07, 6.45) is 6.03. The minimum atomic E-state index is 0.0237. The SMILES string of the molecule is CC(C)(CO)CCCNCc1cnc2ccc(Br)cn12. The van der Waals surface area contributed by atoms with Crippen LogP contribution in [-0.2, 0) is 6.54 Å². The molecule has 0 atom stereocenters. The molecule has 0 unspecified atom stereocenters. The number of hydrogen-bond acceptors (Lipinski definition) is 3. The van der Waals surface area contributed by atoms with Crippen LogP contribution in [0.4, 0.5) is 0 Å². The van der Waals surface area contributed by atoms with Gasteiger partial charge in [0, 0.05) is 23.8 Å². The number of fused-ring (bicyclic) bond motifs is 1. The molecule has 0 saturated heterocycles. The van der Waals surface area contributed by atoms with Gasteiger partial charge in [-0.3, -0.25) is 0 Å². The number of aliphatic hydroxyl groups excluding tert-OH is 1. The number of hydrogen-bond donors (Lipinski definition) is 2. The Morgan fingerprint density at radius 2 is 2.20 bits per heavy atom. The van der Waals surface area contributed by atoms with E-state index in [9.17, 15) is 5.11 Å². The van der Waals surface area contributed by atoms with Crippen LogP contribution in [0.3, 0.4) is 0 Å². The first-order valence-corrected chi connectivity index (χ1v) is 7.74. The number of nitrogens with zero attached hydrogens (tertiary/aromatic N) is 2. The molecule has 0 aromatic carbocycles. The number of pyridine rings is 1. The third-order valence-electron chi connectivity index (χ3n) is 3.49. The largest absolute Gasteiger partial charge is 0.396 e. The fraction of sp³-hybridized carbons (Fsp3) is 0.533. The topological polar surface area (TPSA) is 49.6 Å². The van der Waals surface area contributed by atoms with Gasteiger partial charge in [-0.05, 0) is 52.9 Å². The van der Waals surface area contributed by atoms with E-state index in [-0.39, 0.29) is 12.0 Å². The zero-order valence-corrected chi connectivity index (χ0v) is 13.7. The van der Waals surface area contributed by atoms with E-state index in [1.165, 1.54) is 0 Å². The molecule has 110 valence electrons. The van der Waals surface area contributed by atoms with Gasteiger partial charge in [-0.2, -0.15) is 0 Å². The van der Waals surface area contributed by atoms with Gasteiger partial charge in [0.15, 0.2) is 0 Å². The average molecular weight is 340 g/mol. The molecule has 0 aliphatic heterocycles. The van der Waals surface area contributed by atoms with Gasteiger partial charge < -0.3 is 14.8 Å². The highest BCUT2D eigenvalue weighted by atomic mass is 79.9. The van der Waals surface area contributed by atoms with Crippen molar-refractivity contribution in [1.82, 2.24) is 14.7 Å². The average Bonchev–Trinajstić information content (AvgIpc) is 2.81. The summed E-state index contributed by atoms with van der Waals surface area (Å²) in [5.74, 6) is 0. The van der Waals surface area contributed by atoms with Crippen molar-refractivity contribution in [3.8, 4) is 0 Å². The van der Waals surface area contributed by atoms with Crippen molar-refractivity contribution in [2.24, 2.45) is 5.41 Å². The van der Waals surface area contributed by atoms with E-state index in [2.05, 4.69) is 44.5 Å². The van der Waals surface area contributed by atoms with E-state index >= 15 is 0 Å². The summed E-state index contributed by atoms with van der Waals surface area (Å²) in [6.45, 7) is 6.18. The quantitative estimate of drug-likeness (QED) is 0.762. The van der Waals surface area contributed by atoms with Crippen LogP contribution in [0.2, 0.25) is 0 Å². The molecule has 2 aromatic rings. The Hall–Kier alpha value is -0.910. The van der Waals surface area contributed by atoms with E-state index in [0.717, 1.165) is 41.7 Å². The third-order valence-corrected chi connectivity index (χ3v) is 3.96. The minimum Gasteiger partial charge on any atom is -0.396 e. The number of imidazole rings is 1. The molecule has 0 aliphatic rings. The highest BCUT2D eigenvalue weighted by Gasteiger charge is 2.15. The zero-order chi connectivity index (χ0) is 14.6. The molecule has 2 rings (SSSR count). The Bertz CT molecular complexity index is 565. The van der Waals surface area contributed by atoms with Crippen molar-refractivity contribution < 1.29 is 5.11 Å². The van der Waals surface area contributed by atoms with Gasteiger partial charge >= 0.3 is 0 Å². The fourth-order valence-corrected chi connectivity index (χ4v) is 2.46. The second-order valence-electron chi connectivity index (χ2n) is 5.93. The van der Waals surface area contributed by atoms with Gasteiger partial charge in [-0.1, -0.05) is 13.8 Å². The molecule has 2 heterocycles. The highest BCUT2D eigenvalue weighted by Crippen LogP contribution is 2.20. The van der Waals surface area contributed by atoms with Gasteiger partial charge in [0.05, 0.1) is 11.9 Å². The summed E-state index contributed by atoms with van der Waals surface area (Å²) in [7, 11) is 0. The van der Waals surface area contributed by atoms with E-state index in [1.54, 1.807) is 0 Å². The molecule has 5 heteroatoms. The molecule has 0 fully saturated rings. The summed E-state index contributed by atoms with van der Waals surface area (Å²) in [4.78, 5) is 4.38. The highest BCUT2D eigenvalue weighted by molar-refractivity contribution is 9.10. The Balaban J connectivity index is 1.83. The molecule has 0 saturated carbocycles. The maximum atomic E-state index is 9.21. The van der Waals surface area contributed by atoms with Crippen molar-refractivity contribution in [2.75, 3.05) is 13.2 Å². The number of rotatable bonds is 7. The lowest BCUT2D eigenvalue weighted by atomic mass is 9.89. The lowest BCUT2D eigenvalue weighted by Crippen LogP contribution is -2.21. The van der Waals surface area contributed by atoms with Crippen molar-refractivity contribution in [3.05, 3.63) is 34.7 Å². The van der Waals surface area contributed by atoms with Crippen LogP contribution in [0.1, 0.15) is 32.4 Å². The molecule has 0 aliphatic carbocycles. The summed E-state index contributed by atoms with van der Waals surface area (Å²) < 4.78 is 3.14. The Labute approximate surface area is 128 Å². The number of nitrogens with one attached hydrogen (secondary N) is 1. The van der Waals surface area contributed by atoms with Crippen LogP contribution in [0.5, 0.6) is 0 Å². The zero-order valence-electron chi connectivity index (χ0n) is 12.1. The van der Waals surface area contributed by atoms with E-state index in [4.69, 9.17) is 0 Å². The minimum absolute atomic E-state index is 0.0237. The monoisotopic (exact) mass is 339 g/mol. The van der Waals surface area contributed by atoms with Crippen molar-refractivity contribution in [3.63, 3.8) is 0 Å². The number of aromatic nitrogens is 2. The van der Waals surface area contributed by atoms with Crippen LogP contribution in [0.25, 0.3) is 5.65 Å². The molecule has 0 spiro atoms. The first-order chi connectivity index (χ1) is 9.52. The lowest BCUT2D eigenvalue weighted by Gasteiger charge is -2.21. The third kappa shape index (κ3) is 4.04. The van der Waals surface area contributed by atoms with Crippen LogP contribution in [0.15, 0.2) is 29.0 Å². The molecular formula is C15H22BrN3O. The van der Waals surface area contributed by atoms with Crippen molar-refractivity contribution in [2.45, 2.75) is 33.2 Å².